The fourth-order valence-electron chi connectivity index (χ4n) is 5.78. The molecule has 17 heavy (non-hydrogen) atoms. The highest BCUT2D eigenvalue weighted by atomic mass is 14.5. The van der Waals surface area contributed by atoms with Crippen LogP contribution in [-0.2, 0) is 0 Å². The van der Waals surface area contributed by atoms with Gasteiger partial charge in [-0.25, -0.2) is 0 Å². The molecule has 5 atom stereocenters. The van der Waals surface area contributed by atoms with E-state index in [0.29, 0.717) is 0 Å². The molecular weight excluding hydrogens is 204 g/mol. The van der Waals surface area contributed by atoms with Gasteiger partial charge < -0.3 is 0 Å². The Morgan fingerprint density at radius 1 is 0.588 bits per heavy atom. The van der Waals surface area contributed by atoms with Gasteiger partial charge in [0.15, 0.2) is 0 Å². The number of hydrogen-bond donors (Lipinski definition) is 0. The zero-order valence-corrected chi connectivity index (χ0v) is 11.8. The summed E-state index contributed by atoms with van der Waals surface area (Å²) >= 11 is 0. The highest BCUT2D eigenvalue weighted by Gasteiger charge is 2.43. The third-order valence-electron chi connectivity index (χ3n) is 6.52. The Morgan fingerprint density at radius 3 is 1.94 bits per heavy atom. The maximum absolute atomic E-state index is 2.54. The predicted octanol–water partition coefficient (Wildman–Crippen LogP) is 5.28. The summed E-state index contributed by atoms with van der Waals surface area (Å²) in [6.45, 7) is 5.08. The lowest BCUT2D eigenvalue weighted by Gasteiger charge is -2.46. The molecule has 0 heterocycles. The molecule has 0 aromatic carbocycles. The van der Waals surface area contributed by atoms with Crippen LogP contribution in [0.25, 0.3) is 0 Å². The maximum Gasteiger partial charge on any atom is -0.0332 e. The molecule has 3 rings (SSSR count). The first-order valence-corrected chi connectivity index (χ1v) is 8.27. The van der Waals surface area contributed by atoms with Crippen molar-refractivity contribution >= 4 is 0 Å². The Hall–Kier alpha value is 0. The van der Waals surface area contributed by atoms with E-state index in [9.17, 15) is 0 Å². The maximum atomic E-state index is 2.54. The van der Waals surface area contributed by atoms with Crippen molar-refractivity contribution in [3.8, 4) is 0 Å². The lowest BCUT2D eigenvalue weighted by molar-refractivity contribution is 0.0385. The molecule has 0 aliphatic heterocycles. The van der Waals surface area contributed by atoms with Crippen molar-refractivity contribution in [2.45, 2.75) is 71.6 Å². The Balaban J connectivity index is 1.76. The standard InChI is InChI=1S/C17H30/c1-12-10-11-13(2)17(12)16-9-5-7-14-6-3-4-8-15(14)16/h12-17H,3-11H2,1-2H3. The van der Waals surface area contributed by atoms with Gasteiger partial charge >= 0.3 is 0 Å². The third kappa shape index (κ3) is 2.17. The van der Waals surface area contributed by atoms with E-state index in [2.05, 4.69) is 13.8 Å². The number of fused-ring (bicyclic) bond motifs is 1. The van der Waals surface area contributed by atoms with Gasteiger partial charge in [0.1, 0.15) is 0 Å². The minimum absolute atomic E-state index is 1.02. The fraction of sp³-hybridized carbons (Fsp3) is 1.00. The van der Waals surface area contributed by atoms with Crippen LogP contribution in [0.2, 0.25) is 0 Å². The van der Waals surface area contributed by atoms with Crippen molar-refractivity contribution < 1.29 is 0 Å². The molecule has 0 aromatic rings. The molecule has 0 aromatic heterocycles. The van der Waals surface area contributed by atoms with Crippen molar-refractivity contribution in [1.82, 2.24) is 0 Å². The van der Waals surface area contributed by atoms with E-state index in [0.717, 1.165) is 35.5 Å². The SMILES string of the molecule is CC1CCC(C)C1C1CCCC2CCCCC21. The van der Waals surface area contributed by atoms with E-state index in [-0.39, 0.29) is 0 Å². The predicted molar refractivity (Wildman–Crippen MR) is 73.8 cm³/mol. The van der Waals surface area contributed by atoms with E-state index in [4.69, 9.17) is 0 Å². The van der Waals surface area contributed by atoms with Crippen molar-refractivity contribution in [3.63, 3.8) is 0 Å². The van der Waals surface area contributed by atoms with Gasteiger partial charge in [0.05, 0.1) is 0 Å². The summed E-state index contributed by atoms with van der Waals surface area (Å²) in [5, 5.41) is 0. The first-order chi connectivity index (χ1) is 8.27. The summed E-state index contributed by atoms with van der Waals surface area (Å²) in [5.74, 6) is 6.50. The molecule has 0 spiro atoms. The quantitative estimate of drug-likeness (QED) is 0.579. The summed E-state index contributed by atoms with van der Waals surface area (Å²) in [4.78, 5) is 0. The summed E-state index contributed by atoms with van der Waals surface area (Å²) in [5.41, 5.74) is 0. The smallest absolute Gasteiger partial charge is 0.0332 e. The normalized spacial score (nSPS) is 51.2. The van der Waals surface area contributed by atoms with Crippen LogP contribution in [0.5, 0.6) is 0 Å². The minimum Gasteiger partial charge on any atom is -0.0622 e. The van der Waals surface area contributed by atoms with Crippen LogP contribution in [0.3, 0.4) is 0 Å². The van der Waals surface area contributed by atoms with E-state index >= 15 is 0 Å². The molecule has 0 N–H and O–H groups in total. The first kappa shape index (κ1) is 12.1. The molecule has 0 amide bonds. The first-order valence-electron chi connectivity index (χ1n) is 8.27. The highest BCUT2D eigenvalue weighted by Crippen LogP contribution is 2.52. The lowest BCUT2D eigenvalue weighted by atomic mass is 9.59. The zero-order valence-electron chi connectivity index (χ0n) is 11.8. The lowest BCUT2D eigenvalue weighted by Crippen LogP contribution is -2.37. The van der Waals surface area contributed by atoms with Crippen LogP contribution < -0.4 is 0 Å². The average Bonchev–Trinajstić information content (AvgIpc) is 2.69. The number of rotatable bonds is 1. The van der Waals surface area contributed by atoms with Gasteiger partial charge in [0.2, 0.25) is 0 Å². The molecule has 0 saturated heterocycles. The molecule has 5 unspecified atom stereocenters. The highest BCUT2D eigenvalue weighted by molar-refractivity contribution is 4.93. The second-order valence-corrected chi connectivity index (χ2v) is 7.41. The summed E-state index contributed by atoms with van der Waals surface area (Å²) in [6.07, 6.45) is 13.9. The van der Waals surface area contributed by atoms with Crippen LogP contribution in [0.15, 0.2) is 0 Å². The Morgan fingerprint density at radius 2 is 1.18 bits per heavy atom. The second-order valence-electron chi connectivity index (χ2n) is 7.41. The Kier molecular flexibility index (Phi) is 3.50. The van der Waals surface area contributed by atoms with Crippen LogP contribution in [0, 0.1) is 35.5 Å². The van der Waals surface area contributed by atoms with E-state index in [1.807, 2.05) is 0 Å². The van der Waals surface area contributed by atoms with E-state index in [1.54, 1.807) is 32.1 Å². The molecule has 98 valence electrons. The Labute approximate surface area is 108 Å². The van der Waals surface area contributed by atoms with Gasteiger partial charge in [-0.3, -0.25) is 0 Å². The van der Waals surface area contributed by atoms with Gasteiger partial charge in [0, 0.05) is 0 Å². The summed E-state index contributed by atoms with van der Waals surface area (Å²) < 4.78 is 0. The van der Waals surface area contributed by atoms with Gasteiger partial charge in [-0.2, -0.15) is 0 Å². The number of hydrogen-bond acceptors (Lipinski definition) is 0. The summed E-state index contributed by atoms with van der Waals surface area (Å²) in [6, 6.07) is 0. The average molecular weight is 234 g/mol. The van der Waals surface area contributed by atoms with Crippen LogP contribution in [0.1, 0.15) is 71.6 Å². The van der Waals surface area contributed by atoms with Gasteiger partial charge in [-0.15, -0.1) is 0 Å². The van der Waals surface area contributed by atoms with Gasteiger partial charge in [-0.05, 0) is 48.3 Å². The molecule has 3 saturated carbocycles. The fourth-order valence-corrected chi connectivity index (χ4v) is 5.78. The summed E-state index contributed by atoms with van der Waals surface area (Å²) in [7, 11) is 0. The topological polar surface area (TPSA) is 0 Å². The van der Waals surface area contributed by atoms with Crippen molar-refractivity contribution in [1.29, 1.82) is 0 Å². The van der Waals surface area contributed by atoms with E-state index in [1.165, 1.54) is 25.7 Å². The van der Waals surface area contributed by atoms with Gasteiger partial charge in [-0.1, -0.05) is 58.8 Å². The largest absolute Gasteiger partial charge is 0.0622 e. The van der Waals surface area contributed by atoms with Crippen molar-refractivity contribution in [3.05, 3.63) is 0 Å². The molecule has 0 heteroatoms. The van der Waals surface area contributed by atoms with E-state index < -0.39 is 0 Å². The molecule has 3 aliphatic carbocycles. The second kappa shape index (κ2) is 4.94. The van der Waals surface area contributed by atoms with Crippen molar-refractivity contribution in [2.24, 2.45) is 35.5 Å². The van der Waals surface area contributed by atoms with Crippen molar-refractivity contribution in [2.75, 3.05) is 0 Å². The van der Waals surface area contributed by atoms with Gasteiger partial charge in [0.25, 0.3) is 0 Å². The molecule has 0 bridgehead atoms. The minimum atomic E-state index is 1.02. The molecule has 0 radical (unpaired) electrons. The van der Waals surface area contributed by atoms with Crippen LogP contribution in [-0.4, -0.2) is 0 Å². The monoisotopic (exact) mass is 234 g/mol. The van der Waals surface area contributed by atoms with Crippen LogP contribution >= 0.6 is 0 Å². The molecule has 0 nitrogen and oxygen atoms in total. The Bertz CT molecular complexity index is 245. The third-order valence-corrected chi connectivity index (χ3v) is 6.52. The molecule has 3 aliphatic rings. The van der Waals surface area contributed by atoms with Crippen LogP contribution in [0.4, 0.5) is 0 Å². The zero-order chi connectivity index (χ0) is 11.8. The molecular formula is C17H30. The molecule has 3 fully saturated rings.